The van der Waals surface area contributed by atoms with E-state index in [4.69, 9.17) is 11.6 Å². The first-order chi connectivity index (χ1) is 9.12. The minimum atomic E-state index is -0.336. The normalized spacial score (nSPS) is 17.8. The molecule has 5 heteroatoms. The number of nitrogens with zero attached hydrogens (tertiary/aromatic N) is 2. The Kier molecular flexibility index (Phi) is 4.38. The number of nitriles is 1. The van der Waals surface area contributed by atoms with Crippen molar-refractivity contribution < 1.29 is 4.79 Å². The lowest BCUT2D eigenvalue weighted by molar-refractivity contribution is 0.0717. The van der Waals surface area contributed by atoms with Gasteiger partial charge in [0.15, 0.2) is 0 Å². The fourth-order valence-corrected chi connectivity index (χ4v) is 3.14. The number of carbonyl (C=O) groups is 1. The van der Waals surface area contributed by atoms with E-state index in [-0.39, 0.29) is 10.7 Å². The molecule has 1 heterocycles. The number of carbonyl (C=O) groups excluding carboxylic acids is 1. The molecule has 0 unspecified atom stereocenters. The van der Waals surface area contributed by atoms with Gasteiger partial charge in [-0.25, -0.2) is 0 Å². The Morgan fingerprint density at radius 2 is 2.05 bits per heavy atom. The second-order valence-electron chi connectivity index (χ2n) is 4.58. The van der Waals surface area contributed by atoms with Gasteiger partial charge in [0, 0.05) is 13.1 Å². The number of likely N-dealkylation sites (tertiary alicyclic amines) is 1. The van der Waals surface area contributed by atoms with Crippen molar-refractivity contribution in [2.45, 2.75) is 17.6 Å². The third kappa shape index (κ3) is 2.88. The quantitative estimate of drug-likeness (QED) is 0.841. The van der Waals surface area contributed by atoms with Crippen molar-refractivity contribution in [3.63, 3.8) is 0 Å². The van der Waals surface area contributed by atoms with E-state index in [0.29, 0.717) is 36.5 Å². The maximum Gasteiger partial charge on any atom is 0.255 e. The van der Waals surface area contributed by atoms with E-state index in [1.54, 1.807) is 28.8 Å². The van der Waals surface area contributed by atoms with E-state index in [2.05, 4.69) is 6.07 Å². The molecule has 1 fully saturated rings. The largest absolute Gasteiger partial charge is 0.338 e. The molecule has 0 atom stereocenters. The summed E-state index contributed by atoms with van der Waals surface area (Å²) in [6, 6.07) is 9.46. The van der Waals surface area contributed by atoms with Gasteiger partial charge in [0.25, 0.3) is 5.91 Å². The van der Waals surface area contributed by atoms with Crippen LogP contribution in [0.15, 0.2) is 24.3 Å². The van der Waals surface area contributed by atoms with Crippen LogP contribution >= 0.6 is 23.4 Å². The molecule has 0 aromatic heterocycles. The molecule has 100 valence electrons. The summed E-state index contributed by atoms with van der Waals surface area (Å²) in [6.07, 6.45) is 3.37. The molecule has 1 aromatic rings. The number of hydrogen-bond donors (Lipinski definition) is 0. The molecule has 3 nitrogen and oxygen atoms in total. The number of piperidine rings is 1. The first-order valence-corrected chi connectivity index (χ1v) is 7.72. The zero-order chi connectivity index (χ0) is 13.9. The van der Waals surface area contributed by atoms with Gasteiger partial charge < -0.3 is 4.90 Å². The van der Waals surface area contributed by atoms with Crippen LogP contribution in [0.2, 0.25) is 5.02 Å². The van der Waals surface area contributed by atoms with Gasteiger partial charge in [-0.3, -0.25) is 4.79 Å². The Hall–Kier alpha value is -1.18. The van der Waals surface area contributed by atoms with Crippen LogP contribution in [0.1, 0.15) is 23.2 Å². The van der Waals surface area contributed by atoms with Crippen LogP contribution in [-0.2, 0) is 0 Å². The van der Waals surface area contributed by atoms with Gasteiger partial charge in [0.1, 0.15) is 4.75 Å². The predicted molar refractivity (Wildman–Crippen MR) is 78.4 cm³/mol. The molecule has 0 bridgehead atoms. The van der Waals surface area contributed by atoms with Crippen molar-refractivity contribution in [3.05, 3.63) is 34.9 Å². The summed E-state index contributed by atoms with van der Waals surface area (Å²) in [5.74, 6) is -0.0433. The molecular weight excluding hydrogens is 280 g/mol. The molecule has 2 rings (SSSR count). The molecule has 0 spiro atoms. The minimum absolute atomic E-state index is 0.0433. The van der Waals surface area contributed by atoms with Crippen LogP contribution in [0, 0.1) is 11.3 Å². The highest BCUT2D eigenvalue weighted by molar-refractivity contribution is 8.00. The number of rotatable bonds is 2. The van der Waals surface area contributed by atoms with Crippen molar-refractivity contribution in [2.24, 2.45) is 0 Å². The summed E-state index contributed by atoms with van der Waals surface area (Å²) in [7, 11) is 0. The van der Waals surface area contributed by atoms with Crippen molar-refractivity contribution >= 4 is 29.3 Å². The molecule has 0 N–H and O–H groups in total. The van der Waals surface area contributed by atoms with Crippen molar-refractivity contribution in [1.29, 1.82) is 5.26 Å². The second kappa shape index (κ2) is 5.85. The molecule has 0 radical (unpaired) electrons. The Labute approximate surface area is 122 Å². The van der Waals surface area contributed by atoms with E-state index in [9.17, 15) is 10.1 Å². The molecular formula is C14H15ClN2OS. The second-order valence-corrected chi connectivity index (χ2v) is 6.18. The third-order valence-corrected chi connectivity index (χ3v) is 5.17. The summed E-state index contributed by atoms with van der Waals surface area (Å²) in [5.41, 5.74) is 0.540. The Bertz CT molecular complexity index is 518. The maximum absolute atomic E-state index is 12.4. The smallest absolute Gasteiger partial charge is 0.255 e. The van der Waals surface area contributed by atoms with Gasteiger partial charge in [-0.2, -0.15) is 5.26 Å². The lowest BCUT2D eigenvalue weighted by Gasteiger charge is -2.36. The van der Waals surface area contributed by atoms with E-state index >= 15 is 0 Å². The highest BCUT2D eigenvalue weighted by Crippen LogP contribution is 2.34. The average molecular weight is 295 g/mol. The first-order valence-electron chi connectivity index (χ1n) is 6.12. The molecule has 1 saturated heterocycles. The Morgan fingerprint density at radius 3 is 2.58 bits per heavy atom. The predicted octanol–water partition coefficient (Wildman–Crippen LogP) is 3.20. The van der Waals surface area contributed by atoms with Gasteiger partial charge in [0.2, 0.25) is 0 Å². The van der Waals surface area contributed by atoms with Crippen LogP contribution in [0.5, 0.6) is 0 Å². The summed E-state index contributed by atoms with van der Waals surface area (Å²) in [4.78, 5) is 14.1. The van der Waals surface area contributed by atoms with Crippen LogP contribution in [0.4, 0.5) is 0 Å². The lowest BCUT2D eigenvalue weighted by atomic mass is 9.96. The molecule has 1 aliphatic rings. The minimum Gasteiger partial charge on any atom is -0.338 e. The van der Waals surface area contributed by atoms with E-state index < -0.39 is 0 Å². The molecule has 1 amide bonds. The Balaban J connectivity index is 2.09. The van der Waals surface area contributed by atoms with Gasteiger partial charge in [0.05, 0.1) is 16.7 Å². The van der Waals surface area contributed by atoms with Crippen molar-refractivity contribution in [3.8, 4) is 6.07 Å². The number of thioether (sulfide) groups is 1. The summed E-state index contributed by atoms with van der Waals surface area (Å²) in [6.45, 7) is 1.22. The first kappa shape index (κ1) is 14.2. The molecule has 19 heavy (non-hydrogen) atoms. The highest BCUT2D eigenvalue weighted by atomic mass is 35.5. The maximum atomic E-state index is 12.4. The SMILES string of the molecule is CSC1(C#N)CCN(C(=O)c2ccccc2Cl)CC1. The van der Waals surface area contributed by atoms with Crippen LogP contribution in [-0.4, -0.2) is 34.9 Å². The van der Waals surface area contributed by atoms with Crippen LogP contribution in [0.3, 0.4) is 0 Å². The summed E-state index contributed by atoms with van der Waals surface area (Å²) >= 11 is 7.63. The Morgan fingerprint density at radius 1 is 1.42 bits per heavy atom. The van der Waals surface area contributed by atoms with Gasteiger partial charge >= 0.3 is 0 Å². The molecule has 1 aromatic carbocycles. The van der Waals surface area contributed by atoms with Gasteiger partial charge in [-0.05, 0) is 31.2 Å². The fraction of sp³-hybridized carbons (Fsp3) is 0.429. The zero-order valence-corrected chi connectivity index (χ0v) is 12.3. The van der Waals surface area contributed by atoms with Crippen molar-refractivity contribution in [1.82, 2.24) is 4.90 Å². The van der Waals surface area contributed by atoms with Crippen LogP contribution in [0.25, 0.3) is 0 Å². The monoisotopic (exact) mass is 294 g/mol. The zero-order valence-electron chi connectivity index (χ0n) is 10.7. The standard InChI is InChI=1S/C14H15ClN2OS/c1-19-14(10-16)6-8-17(9-7-14)13(18)11-4-2-3-5-12(11)15/h2-5H,6-9H2,1H3. The number of halogens is 1. The van der Waals surface area contributed by atoms with E-state index in [0.717, 1.165) is 0 Å². The van der Waals surface area contributed by atoms with Crippen molar-refractivity contribution in [2.75, 3.05) is 19.3 Å². The molecule has 0 saturated carbocycles. The number of hydrogen-bond acceptors (Lipinski definition) is 3. The molecule has 0 aliphatic carbocycles. The van der Waals surface area contributed by atoms with Crippen LogP contribution < -0.4 is 0 Å². The summed E-state index contributed by atoms with van der Waals surface area (Å²) in [5, 5.41) is 9.71. The average Bonchev–Trinajstić information content (AvgIpc) is 2.47. The lowest BCUT2D eigenvalue weighted by Crippen LogP contribution is -2.44. The number of benzene rings is 1. The third-order valence-electron chi connectivity index (χ3n) is 3.56. The van der Waals surface area contributed by atoms with E-state index in [1.165, 1.54) is 0 Å². The summed E-state index contributed by atoms with van der Waals surface area (Å²) < 4.78 is -0.336. The topological polar surface area (TPSA) is 44.1 Å². The molecule has 1 aliphatic heterocycles. The van der Waals surface area contributed by atoms with Gasteiger partial charge in [-0.1, -0.05) is 23.7 Å². The highest BCUT2D eigenvalue weighted by Gasteiger charge is 2.35. The van der Waals surface area contributed by atoms with E-state index in [1.807, 2.05) is 18.4 Å². The fourth-order valence-electron chi connectivity index (χ4n) is 2.24. The van der Waals surface area contributed by atoms with Gasteiger partial charge in [-0.15, -0.1) is 11.8 Å². The number of amides is 1.